The molecule has 0 unspecified atom stereocenters. The number of nitrogens with zero attached hydrogens (tertiary/aromatic N) is 3. The summed E-state index contributed by atoms with van der Waals surface area (Å²) in [6.45, 7) is 2.01. The van der Waals surface area contributed by atoms with Crippen molar-refractivity contribution in [1.29, 1.82) is 0 Å². The van der Waals surface area contributed by atoms with Gasteiger partial charge in [0.1, 0.15) is 10.8 Å². The molecule has 3 nitrogen and oxygen atoms in total. The molecule has 5 heteroatoms. The molecule has 0 bridgehead atoms. The summed E-state index contributed by atoms with van der Waals surface area (Å²) in [6.07, 6.45) is 4.22. The molecular formula is C13H11ClIN3. The van der Waals surface area contributed by atoms with Gasteiger partial charge in [-0.3, -0.25) is 4.98 Å². The molecule has 0 spiro atoms. The van der Waals surface area contributed by atoms with Crippen molar-refractivity contribution in [3.05, 3.63) is 38.3 Å². The summed E-state index contributed by atoms with van der Waals surface area (Å²) in [4.78, 5) is 13.3. The lowest BCUT2D eigenvalue weighted by Gasteiger charge is -2.07. The Morgan fingerprint density at radius 2 is 2.06 bits per heavy atom. The van der Waals surface area contributed by atoms with Crippen LogP contribution in [0.4, 0.5) is 0 Å². The van der Waals surface area contributed by atoms with E-state index in [1.165, 1.54) is 12.8 Å². The Balaban J connectivity index is 2.09. The second-order valence-corrected chi connectivity index (χ2v) is 5.97. The summed E-state index contributed by atoms with van der Waals surface area (Å²) in [7, 11) is 0. The van der Waals surface area contributed by atoms with Gasteiger partial charge in [0, 0.05) is 12.1 Å². The third kappa shape index (κ3) is 2.36. The lowest BCUT2D eigenvalue weighted by molar-refractivity contribution is 0.971. The highest BCUT2D eigenvalue weighted by atomic mass is 127. The molecule has 0 aliphatic heterocycles. The molecular weight excluding hydrogens is 361 g/mol. The van der Waals surface area contributed by atoms with Gasteiger partial charge in [-0.1, -0.05) is 17.7 Å². The van der Waals surface area contributed by atoms with E-state index >= 15 is 0 Å². The van der Waals surface area contributed by atoms with E-state index in [4.69, 9.17) is 11.6 Å². The molecule has 0 amide bonds. The Morgan fingerprint density at radius 3 is 2.67 bits per heavy atom. The van der Waals surface area contributed by atoms with Gasteiger partial charge in [-0.15, -0.1) is 0 Å². The molecule has 0 saturated heterocycles. The molecule has 1 saturated carbocycles. The monoisotopic (exact) mass is 371 g/mol. The van der Waals surface area contributed by atoms with Crippen LogP contribution in [0.2, 0.25) is 5.15 Å². The quantitative estimate of drug-likeness (QED) is 0.592. The van der Waals surface area contributed by atoms with Gasteiger partial charge in [-0.2, -0.15) is 0 Å². The molecule has 1 aliphatic rings. The van der Waals surface area contributed by atoms with Gasteiger partial charge in [-0.25, -0.2) is 9.97 Å². The zero-order valence-electron chi connectivity index (χ0n) is 9.82. The summed E-state index contributed by atoms with van der Waals surface area (Å²) < 4.78 is 0.979. The van der Waals surface area contributed by atoms with Crippen LogP contribution in [0, 0.1) is 10.5 Å². The summed E-state index contributed by atoms with van der Waals surface area (Å²) in [5.74, 6) is 1.18. The lowest BCUT2D eigenvalue weighted by atomic mass is 10.2. The minimum absolute atomic E-state index is 0.532. The van der Waals surface area contributed by atoms with Crippen LogP contribution in [0.3, 0.4) is 0 Å². The van der Waals surface area contributed by atoms with Gasteiger partial charge in [0.2, 0.25) is 0 Å². The van der Waals surface area contributed by atoms with Crippen molar-refractivity contribution in [2.24, 2.45) is 0 Å². The van der Waals surface area contributed by atoms with Gasteiger partial charge >= 0.3 is 0 Å². The van der Waals surface area contributed by atoms with E-state index in [1.807, 2.05) is 25.3 Å². The second kappa shape index (κ2) is 4.74. The average molecular weight is 372 g/mol. The van der Waals surface area contributed by atoms with E-state index < -0.39 is 0 Å². The fourth-order valence-electron chi connectivity index (χ4n) is 1.78. The molecule has 2 heterocycles. The normalized spacial score (nSPS) is 14.8. The molecule has 92 valence electrons. The Bertz CT molecular complexity index is 594. The molecule has 1 fully saturated rings. The predicted molar refractivity (Wildman–Crippen MR) is 79.7 cm³/mol. The fraction of sp³-hybridized carbons (Fsp3) is 0.308. The van der Waals surface area contributed by atoms with Gasteiger partial charge in [0.05, 0.1) is 9.26 Å². The van der Waals surface area contributed by atoms with Gasteiger partial charge in [0.15, 0.2) is 5.82 Å². The third-order valence-electron chi connectivity index (χ3n) is 2.94. The number of halogens is 2. The number of aryl methyl sites for hydroxylation is 1. The SMILES string of the molecule is Cc1ccc(-c2nc(Cl)c(I)c(C3CC3)n2)nc1. The Labute approximate surface area is 124 Å². The second-order valence-electron chi connectivity index (χ2n) is 4.53. The summed E-state index contributed by atoms with van der Waals surface area (Å²) >= 11 is 8.41. The van der Waals surface area contributed by atoms with E-state index in [9.17, 15) is 0 Å². The van der Waals surface area contributed by atoms with Crippen molar-refractivity contribution in [2.45, 2.75) is 25.7 Å². The van der Waals surface area contributed by atoms with E-state index in [0.29, 0.717) is 16.9 Å². The van der Waals surface area contributed by atoms with Crippen LogP contribution in [0.5, 0.6) is 0 Å². The summed E-state index contributed by atoms with van der Waals surface area (Å²) in [6, 6.07) is 3.94. The van der Waals surface area contributed by atoms with Crippen LogP contribution in [0.25, 0.3) is 11.5 Å². The van der Waals surface area contributed by atoms with Crippen molar-refractivity contribution < 1.29 is 0 Å². The van der Waals surface area contributed by atoms with E-state index in [-0.39, 0.29) is 0 Å². The van der Waals surface area contributed by atoms with Crippen LogP contribution < -0.4 is 0 Å². The number of aromatic nitrogens is 3. The Kier molecular flexibility index (Phi) is 3.23. The smallest absolute Gasteiger partial charge is 0.179 e. The predicted octanol–water partition coefficient (Wildman–Crippen LogP) is 3.98. The lowest BCUT2D eigenvalue weighted by Crippen LogP contribution is -2.00. The molecule has 3 rings (SSSR count). The largest absolute Gasteiger partial charge is 0.253 e. The first kappa shape index (κ1) is 12.3. The standard InChI is InChI=1S/C13H11ClIN3/c1-7-2-5-9(16-6-7)13-17-11(8-3-4-8)10(15)12(14)18-13/h2,5-6,8H,3-4H2,1H3. The van der Waals surface area contributed by atoms with E-state index in [2.05, 4.69) is 37.5 Å². The first-order chi connectivity index (χ1) is 8.65. The van der Waals surface area contributed by atoms with Gasteiger partial charge < -0.3 is 0 Å². The Morgan fingerprint density at radius 1 is 1.28 bits per heavy atom. The molecule has 18 heavy (non-hydrogen) atoms. The van der Waals surface area contributed by atoms with Crippen LogP contribution >= 0.6 is 34.2 Å². The van der Waals surface area contributed by atoms with Crippen LogP contribution in [-0.2, 0) is 0 Å². The van der Waals surface area contributed by atoms with Crippen LogP contribution in [0.15, 0.2) is 18.3 Å². The minimum atomic E-state index is 0.532. The van der Waals surface area contributed by atoms with Crippen molar-refractivity contribution in [2.75, 3.05) is 0 Å². The Hall–Kier alpha value is -0.750. The number of hydrogen-bond donors (Lipinski definition) is 0. The van der Waals surface area contributed by atoms with Gasteiger partial charge in [0.25, 0.3) is 0 Å². The molecule has 2 aromatic rings. The highest BCUT2D eigenvalue weighted by Crippen LogP contribution is 2.42. The molecule has 0 N–H and O–H groups in total. The number of hydrogen-bond acceptors (Lipinski definition) is 3. The van der Waals surface area contributed by atoms with Crippen LogP contribution in [-0.4, -0.2) is 15.0 Å². The fourth-order valence-corrected chi connectivity index (χ4v) is 2.64. The number of rotatable bonds is 2. The summed E-state index contributed by atoms with van der Waals surface area (Å²) in [5.41, 5.74) is 2.98. The van der Waals surface area contributed by atoms with Crippen molar-refractivity contribution in [1.82, 2.24) is 15.0 Å². The highest BCUT2D eigenvalue weighted by Gasteiger charge is 2.29. The first-order valence-electron chi connectivity index (χ1n) is 5.81. The first-order valence-corrected chi connectivity index (χ1v) is 7.27. The van der Waals surface area contributed by atoms with E-state index in [0.717, 1.165) is 20.5 Å². The van der Waals surface area contributed by atoms with Gasteiger partial charge in [-0.05, 0) is 54.0 Å². The molecule has 0 radical (unpaired) electrons. The molecule has 0 aromatic carbocycles. The number of pyridine rings is 1. The molecule has 2 aromatic heterocycles. The zero-order chi connectivity index (χ0) is 12.7. The molecule has 0 atom stereocenters. The summed E-state index contributed by atoms with van der Waals surface area (Å²) in [5, 5.41) is 0.532. The van der Waals surface area contributed by atoms with E-state index in [1.54, 1.807) is 0 Å². The maximum atomic E-state index is 6.19. The maximum absolute atomic E-state index is 6.19. The van der Waals surface area contributed by atoms with Crippen molar-refractivity contribution in [3.8, 4) is 11.5 Å². The topological polar surface area (TPSA) is 38.7 Å². The van der Waals surface area contributed by atoms with Crippen LogP contribution in [0.1, 0.15) is 30.0 Å². The highest BCUT2D eigenvalue weighted by molar-refractivity contribution is 14.1. The average Bonchev–Trinajstić information content (AvgIpc) is 3.18. The zero-order valence-corrected chi connectivity index (χ0v) is 12.7. The molecule has 1 aliphatic carbocycles. The third-order valence-corrected chi connectivity index (χ3v) is 4.60. The maximum Gasteiger partial charge on any atom is 0.179 e. The van der Waals surface area contributed by atoms with Crippen molar-refractivity contribution >= 4 is 34.2 Å². The minimum Gasteiger partial charge on any atom is -0.253 e. The van der Waals surface area contributed by atoms with Crippen molar-refractivity contribution in [3.63, 3.8) is 0 Å².